The van der Waals surface area contributed by atoms with Crippen LogP contribution in [0.25, 0.3) is 0 Å². The summed E-state index contributed by atoms with van der Waals surface area (Å²) >= 11 is 0. The molecular formula is C15H19N3O. The highest BCUT2D eigenvalue weighted by Gasteiger charge is 2.20. The van der Waals surface area contributed by atoms with Crippen LogP contribution in [-0.2, 0) is 13.1 Å². The van der Waals surface area contributed by atoms with Crippen LogP contribution in [0.4, 0.5) is 0 Å². The summed E-state index contributed by atoms with van der Waals surface area (Å²) < 4.78 is 7.44. The fraction of sp³-hybridized carbons (Fsp3) is 0.400. The van der Waals surface area contributed by atoms with E-state index in [0.29, 0.717) is 0 Å². The molecule has 0 saturated heterocycles. The topological polar surface area (TPSA) is 39.1 Å². The molecule has 0 aliphatic heterocycles. The quantitative estimate of drug-likeness (QED) is 0.862. The molecule has 1 aliphatic carbocycles. The second-order valence-corrected chi connectivity index (χ2v) is 5.02. The van der Waals surface area contributed by atoms with Crippen LogP contribution >= 0.6 is 0 Å². The standard InChI is InChI=1S/C15H19N3O/c1-19-15-4-2-3-12(7-15)10-18-11-16-8-14(18)9-17-13-5-6-13/h2-4,7-8,11,13,17H,5-6,9-10H2,1H3. The molecule has 4 heteroatoms. The van der Waals surface area contributed by atoms with Gasteiger partial charge in [0.1, 0.15) is 5.75 Å². The highest BCUT2D eigenvalue weighted by molar-refractivity contribution is 5.28. The summed E-state index contributed by atoms with van der Waals surface area (Å²) in [5.41, 5.74) is 2.46. The van der Waals surface area contributed by atoms with Crippen molar-refractivity contribution < 1.29 is 4.74 Å². The number of hydrogen-bond acceptors (Lipinski definition) is 3. The molecule has 1 aliphatic rings. The zero-order valence-corrected chi connectivity index (χ0v) is 11.2. The minimum Gasteiger partial charge on any atom is -0.497 e. The molecular weight excluding hydrogens is 238 g/mol. The summed E-state index contributed by atoms with van der Waals surface area (Å²) in [6, 6.07) is 8.89. The number of rotatable bonds is 6. The number of nitrogens with one attached hydrogen (secondary N) is 1. The molecule has 0 atom stereocenters. The predicted octanol–water partition coefficient (Wildman–Crippen LogP) is 2.19. The second-order valence-electron chi connectivity index (χ2n) is 5.02. The number of ether oxygens (including phenoxy) is 1. The molecule has 1 saturated carbocycles. The molecule has 100 valence electrons. The van der Waals surface area contributed by atoms with Gasteiger partial charge in [-0.25, -0.2) is 4.98 Å². The molecule has 1 heterocycles. The number of methoxy groups -OCH3 is 1. The zero-order valence-electron chi connectivity index (χ0n) is 11.2. The molecule has 0 radical (unpaired) electrons. The Hall–Kier alpha value is -1.81. The second kappa shape index (κ2) is 5.45. The molecule has 3 rings (SSSR count). The van der Waals surface area contributed by atoms with Crippen LogP contribution in [0.3, 0.4) is 0 Å². The van der Waals surface area contributed by atoms with E-state index in [0.717, 1.165) is 24.9 Å². The van der Waals surface area contributed by atoms with Gasteiger partial charge in [-0.3, -0.25) is 0 Å². The van der Waals surface area contributed by atoms with Gasteiger partial charge in [-0.15, -0.1) is 0 Å². The first-order chi connectivity index (χ1) is 9.35. The van der Waals surface area contributed by atoms with Crippen molar-refractivity contribution in [1.82, 2.24) is 14.9 Å². The lowest BCUT2D eigenvalue weighted by Gasteiger charge is -2.10. The van der Waals surface area contributed by atoms with Crippen molar-refractivity contribution in [3.63, 3.8) is 0 Å². The number of hydrogen-bond donors (Lipinski definition) is 1. The normalized spacial score (nSPS) is 14.6. The summed E-state index contributed by atoms with van der Waals surface area (Å²) in [6.45, 7) is 1.73. The van der Waals surface area contributed by atoms with Gasteiger partial charge in [0.05, 0.1) is 19.1 Å². The summed E-state index contributed by atoms with van der Waals surface area (Å²) in [7, 11) is 1.70. The van der Waals surface area contributed by atoms with Gasteiger partial charge in [-0.2, -0.15) is 0 Å². The Morgan fingerprint density at radius 1 is 1.42 bits per heavy atom. The molecule has 1 aromatic carbocycles. The lowest BCUT2D eigenvalue weighted by Crippen LogP contribution is -2.18. The van der Waals surface area contributed by atoms with E-state index in [4.69, 9.17) is 4.74 Å². The van der Waals surface area contributed by atoms with Crippen LogP contribution in [0.1, 0.15) is 24.1 Å². The first kappa shape index (κ1) is 12.2. The van der Waals surface area contributed by atoms with Crippen molar-refractivity contribution in [3.05, 3.63) is 48.0 Å². The Morgan fingerprint density at radius 3 is 3.11 bits per heavy atom. The van der Waals surface area contributed by atoms with Gasteiger partial charge < -0.3 is 14.6 Å². The monoisotopic (exact) mass is 257 g/mol. The van der Waals surface area contributed by atoms with Crippen molar-refractivity contribution >= 4 is 0 Å². The molecule has 2 aromatic rings. The summed E-state index contributed by atoms with van der Waals surface area (Å²) in [5.74, 6) is 0.898. The van der Waals surface area contributed by atoms with Crippen LogP contribution in [0.5, 0.6) is 5.75 Å². The zero-order chi connectivity index (χ0) is 13.1. The Labute approximate surface area is 113 Å². The third kappa shape index (κ3) is 3.15. The van der Waals surface area contributed by atoms with Crippen molar-refractivity contribution in [2.24, 2.45) is 0 Å². The van der Waals surface area contributed by atoms with Crippen LogP contribution in [0.2, 0.25) is 0 Å². The molecule has 0 spiro atoms. The van der Waals surface area contributed by atoms with Gasteiger partial charge in [0, 0.05) is 25.3 Å². The minimum absolute atomic E-state index is 0.722. The summed E-state index contributed by atoms with van der Waals surface area (Å²) in [4.78, 5) is 4.25. The summed E-state index contributed by atoms with van der Waals surface area (Å²) in [6.07, 6.45) is 6.45. The molecule has 0 amide bonds. The van der Waals surface area contributed by atoms with E-state index in [2.05, 4.69) is 27.0 Å². The average Bonchev–Trinajstić information content (AvgIpc) is 3.17. The highest BCUT2D eigenvalue weighted by Crippen LogP contribution is 2.19. The molecule has 1 N–H and O–H groups in total. The predicted molar refractivity (Wildman–Crippen MR) is 74.2 cm³/mol. The molecule has 0 unspecified atom stereocenters. The van der Waals surface area contributed by atoms with E-state index in [9.17, 15) is 0 Å². The van der Waals surface area contributed by atoms with Crippen LogP contribution in [0, 0.1) is 0 Å². The Bertz CT molecular complexity index is 546. The summed E-state index contributed by atoms with van der Waals surface area (Å²) in [5, 5.41) is 3.52. The van der Waals surface area contributed by atoms with Crippen molar-refractivity contribution in [3.8, 4) is 5.75 Å². The number of imidazole rings is 1. The highest BCUT2D eigenvalue weighted by atomic mass is 16.5. The fourth-order valence-corrected chi connectivity index (χ4v) is 2.14. The van der Waals surface area contributed by atoms with E-state index in [1.54, 1.807) is 7.11 Å². The van der Waals surface area contributed by atoms with Crippen molar-refractivity contribution in [2.45, 2.75) is 32.0 Å². The van der Waals surface area contributed by atoms with E-state index in [1.165, 1.54) is 24.1 Å². The molecule has 4 nitrogen and oxygen atoms in total. The van der Waals surface area contributed by atoms with Crippen LogP contribution in [0.15, 0.2) is 36.8 Å². The maximum absolute atomic E-state index is 5.25. The van der Waals surface area contributed by atoms with Gasteiger partial charge in [0.25, 0.3) is 0 Å². The van der Waals surface area contributed by atoms with Crippen LogP contribution in [-0.4, -0.2) is 22.7 Å². The lowest BCUT2D eigenvalue weighted by molar-refractivity contribution is 0.414. The number of aromatic nitrogens is 2. The Morgan fingerprint density at radius 2 is 2.32 bits per heavy atom. The van der Waals surface area contributed by atoms with Crippen molar-refractivity contribution in [1.29, 1.82) is 0 Å². The molecule has 0 bridgehead atoms. The molecule has 1 fully saturated rings. The third-order valence-electron chi connectivity index (χ3n) is 3.43. The smallest absolute Gasteiger partial charge is 0.119 e. The van der Waals surface area contributed by atoms with Gasteiger partial charge >= 0.3 is 0 Å². The maximum atomic E-state index is 5.25. The van der Waals surface area contributed by atoms with Gasteiger partial charge in [-0.1, -0.05) is 12.1 Å². The van der Waals surface area contributed by atoms with Gasteiger partial charge in [0.15, 0.2) is 0 Å². The Balaban J connectivity index is 1.69. The first-order valence-corrected chi connectivity index (χ1v) is 6.70. The largest absolute Gasteiger partial charge is 0.497 e. The SMILES string of the molecule is COc1cccc(Cn2cncc2CNC2CC2)c1. The molecule has 1 aromatic heterocycles. The van der Waals surface area contributed by atoms with E-state index in [-0.39, 0.29) is 0 Å². The number of nitrogens with zero attached hydrogens (tertiary/aromatic N) is 2. The van der Waals surface area contributed by atoms with Crippen LogP contribution < -0.4 is 10.1 Å². The Kier molecular flexibility index (Phi) is 3.51. The average molecular weight is 257 g/mol. The third-order valence-corrected chi connectivity index (χ3v) is 3.43. The fourth-order valence-electron chi connectivity index (χ4n) is 2.14. The molecule has 19 heavy (non-hydrogen) atoms. The lowest BCUT2D eigenvalue weighted by atomic mass is 10.2. The van der Waals surface area contributed by atoms with E-state index in [1.807, 2.05) is 24.7 Å². The maximum Gasteiger partial charge on any atom is 0.119 e. The van der Waals surface area contributed by atoms with Gasteiger partial charge in [0.2, 0.25) is 0 Å². The van der Waals surface area contributed by atoms with Crippen molar-refractivity contribution in [2.75, 3.05) is 7.11 Å². The van der Waals surface area contributed by atoms with E-state index >= 15 is 0 Å². The first-order valence-electron chi connectivity index (χ1n) is 6.70. The van der Waals surface area contributed by atoms with Gasteiger partial charge in [-0.05, 0) is 30.5 Å². The van der Waals surface area contributed by atoms with E-state index < -0.39 is 0 Å². The number of benzene rings is 1. The minimum atomic E-state index is 0.722.